The molecule has 0 saturated heterocycles. The van der Waals surface area contributed by atoms with Crippen molar-refractivity contribution in [1.29, 1.82) is 0 Å². The number of fused-ring (bicyclic) bond motifs is 6. The highest BCUT2D eigenvalue weighted by Gasteiger charge is 2.21. The first-order valence-corrected chi connectivity index (χ1v) is 22.7. The molecule has 318 valence electrons. The fourth-order valence-electron chi connectivity index (χ4n) is 9.36. The van der Waals surface area contributed by atoms with E-state index >= 15 is 0 Å². The Kier molecular flexibility index (Phi) is 9.39. The first-order chi connectivity index (χ1) is 33.7. The summed E-state index contributed by atoms with van der Waals surface area (Å²) >= 11 is 0. The van der Waals surface area contributed by atoms with Crippen LogP contribution in [-0.4, -0.2) is 19.9 Å². The van der Waals surface area contributed by atoms with Crippen molar-refractivity contribution in [3.63, 3.8) is 0 Å². The van der Waals surface area contributed by atoms with Crippen molar-refractivity contribution in [2.24, 2.45) is 0 Å². The van der Waals surface area contributed by atoms with Crippen LogP contribution >= 0.6 is 0 Å². The van der Waals surface area contributed by atoms with E-state index in [9.17, 15) is 0 Å². The lowest BCUT2D eigenvalue weighted by Gasteiger charge is -2.10. The highest BCUT2D eigenvalue weighted by atomic mass is 16.3. The predicted molar refractivity (Wildman–Crippen MR) is 276 cm³/mol. The average Bonchev–Trinajstić information content (AvgIpc) is 4.00. The van der Waals surface area contributed by atoms with Gasteiger partial charge in [-0.1, -0.05) is 206 Å². The molecule has 0 atom stereocenters. The molecule has 0 amide bonds. The molecule has 4 aromatic heterocycles. The largest absolute Gasteiger partial charge is 0.438 e. The van der Waals surface area contributed by atoms with Crippen molar-refractivity contribution in [3.8, 4) is 89.8 Å². The van der Waals surface area contributed by atoms with Crippen molar-refractivity contribution >= 4 is 44.1 Å². The first-order valence-electron chi connectivity index (χ1n) is 22.7. The number of hydrogen-bond donors (Lipinski definition) is 0. The second-order valence-corrected chi connectivity index (χ2v) is 17.0. The summed E-state index contributed by atoms with van der Waals surface area (Å²) in [6, 6.07) is 79.6. The third-order valence-corrected chi connectivity index (χ3v) is 12.8. The first kappa shape index (κ1) is 39.1. The smallest absolute Gasteiger partial charge is 0.231 e. The van der Waals surface area contributed by atoms with E-state index in [0.717, 1.165) is 111 Å². The molecule has 6 nitrogen and oxygen atoms in total. The van der Waals surface area contributed by atoms with Gasteiger partial charge in [0.15, 0.2) is 11.6 Å². The van der Waals surface area contributed by atoms with Gasteiger partial charge in [0.05, 0.1) is 22.2 Å². The number of furan rings is 2. The molecule has 68 heavy (non-hydrogen) atoms. The maximum absolute atomic E-state index is 6.37. The van der Waals surface area contributed by atoms with E-state index in [4.69, 9.17) is 28.8 Å². The summed E-state index contributed by atoms with van der Waals surface area (Å²) < 4.78 is 12.7. The summed E-state index contributed by atoms with van der Waals surface area (Å²) in [5.41, 5.74) is 17.2. The lowest BCUT2D eigenvalue weighted by atomic mass is 9.97. The van der Waals surface area contributed by atoms with Crippen LogP contribution in [0.25, 0.3) is 134 Å². The van der Waals surface area contributed by atoms with Crippen LogP contribution in [0.4, 0.5) is 0 Å². The van der Waals surface area contributed by atoms with Gasteiger partial charge in [-0.05, 0) is 68.8 Å². The summed E-state index contributed by atoms with van der Waals surface area (Å²) in [6.45, 7) is 0. The number of rotatable bonds is 8. The molecule has 0 radical (unpaired) electrons. The maximum Gasteiger partial charge on any atom is 0.231 e. The van der Waals surface area contributed by atoms with Crippen molar-refractivity contribution in [2.75, 3.05) is 0 Å². The minimum atomic E-state index is 0.568. The third kappa shape index (κ3) is 7.00. The Morgan fingerprint density at radius 2 is 0.544 bits per heavy atom. The predicted octanol–water partition coefficient (Wildman–Crippen LogP) is 16.4. The molecule has 0 unspecified atom stereocenters. The molecule has 0 bridgehead atoms. The summed E-state index contributed by atoms with van der Waals surface area (Å²) in [5, 5.41) is 3.79. The van der Waals surface area contributed by atoms with Gasteiger partial charge < -0.3 is 8.83 Å². The molecule has 13 aromatic rings. The summed E-state index contributed by atoms with van der Waals surface area (Å²) in [4.78, 5) is 20.5. The molecule has 0 aliphatic heterocycles. The van der Waals surface area contributed by atoms with E-state index in [0.29, 0.717) is 23.1 Å². The quantitative estimate of drug-likeness (QED) is 0.151. The van der Waals surface area contributed by atoms with E-state index in [1.807, 2.05) is 48.5 Å². The standard InChI is InChI=1S/C62H38N4O2/c1-3-13-39(14-4-1)47-17-11-19-49(37-47)59-63-57(55-51-21-7-9-23-53(51)67-61(55)65-59)45-33-29-43(30-34-45)41-25-27-42(28-26-41)44-31-35-46(36-32-44)58-56-52-22-8-10-24-54(52)68-62(56)66-60(64-58)50-20-12-18-48(38-50)40-15-5-2-6-16-40/h1-38H. The van der Waals surface area contributed by atoms with E-state index < -0.39 is 0 Å². The van der Waals surface area contributed by atoms with Crippen LogP contribution in [0, 0.1) is 0 Å². The Bertz CT molecular complexity index is 3730. The van der Waals surface area contributed by atoms with Crippen LogP contribution in [0.2, 0.25) is 0 Å². The molecule has 0 aliphatic carbocycles. The van der Waals surface area contributed by atoms with Gasteiger partial charge in [-0.15, -0.1) is 0 Å². The zero-order valence-electron chi connectivity index (χ0n) is 36.5. The van der Waals surface area contributed by atoms with Gasteiger partial charge in [0.2, 0.25) is 11.4 Å². The van der Waals surface area contributed by atoms with Crippen LogP contribution in [0.1, 0.15) is 0 Å². The Morgan fingerprint density at radius 3 is 0.941 bits per heavy atom. The molecule has 0 aliphatic rings. The SMILES string of the molecule is c1ccc(-c2cccc(-c3nc(-c4ccc(-c5ccc(-c6ccc(-c7nc(-c8cccc(-c9ccccc9)c8)nc8oc9ccccc9c78)cc6)cc5)cc4)c4c(n3)oc3ccccc34)c2)cc1. The van der Waals surface area contributed by atoms with Crippen molar-refractivity contribution in [3.05, 3.63) is 231 Å². The minimum Gasteiger partial charge on any atom is -0.438 e. The molecular weight excluding hydrogens is 833 g/mol. The van der Waals surface area contributed by atoms with Crippen LogP contribution in [0.5, 0.6) is 0 Å². The Labute approximate surface area is 391 Å². The molecule has 9 aromatic carbocycles. The lowest BCUT2D eigenvalue weighted by molar-refractivity contribution is 0.653. The van der Waals surface area contributed by atoms with Gasteiger partial charge in [-0.2, -0.15) is 9.97 Å². The van der Waals surface area contributed by atoms with Crippen LogP contribution in [0.15, 0.2) is 239 Å². The molecule has 0 N–H and O–H groups in total. The van der Waals surface area contributed by atoms with E-state index in [-0.39, 0.29) is 0 Å². The van der Waals surface area contributed by atoms with E-state index in [2.05, 4.69) is 182 Å². The van der Waals surface area contributed by atoms with Crippen LogP contribution < -0.4 is 0 Å². The monoisotopic (exact) mass is 870 g/mol. The van der Waals surface area contributed by atoms with Gasteiger partial charge >= 0.3 is 0 Å². The number of nitrogens with zero attached hydrogens (tertiary/aromatic N) is 4. The summed E-state index contributed by atoms with van der Waals surface area (Å²) in [5.74, 6) is 1.23. The average molecular weight is 871 g/mol. The zero-order chi connectivity index (χ0) is 45.0. The van der Waals surface area contributed by atoms with Crippen molar-refractivity contribution in [2.45, 2.75) is 0 Å². The van der Waals surface area contributed by atoms with Crippen LogP contribution in [-0.2, 0) is 0 Å². The number of aromatic nitrogens is 4. The van der Waals surface area contributed by atoms with Crippen molar-refractivity contribution in [1.82, 2.24) is 19.9 Å². The highest BCUT2D eigenvalue weighted by molar-refractivity contribution is 6.12. The number of para-hydroxylation sites is 2. The number of benzene rings is 9. The molecule has 4 heterocycles. The second-order valence-electron chi connectivity index (χ2n) is 17.0. The minimum absolute atomic E-state index is 0.568. The van der Waals surface area contributed by atoms with Crippen molar-refractivity contribution < 1.29 is 8.83 Å². The Morgan fingerprint density at radius 1 is 0.235 bits per heavy atom. The van der Waals surface area contributed by atoms with Gasteiger partial charge in [-0.3, -0.25) is 0 Å². The molecule has 0 saturated carbocycles. The Hall–Kier alpha value is -9.26. The normalized spacial score (nSPS) is 11.5. The number of hydrogen-bond acceptors (Lipinski definition) is 6. The lowest BCUT2D eigenvalue weighted by Crippen LogP contribution is -1.94. The summed E-state index contributed by atoms with van der Waals surface area (Å²) in [7, 11) is 0. The molecular formula is C62H38N4O2. The topological polar surface area (TPSA) is 77.8 Å². The maximum atomic E-state index is 6.37. The third-order valence-electron chi connectivity index (χ3n) is 12.8. The molecule has 6 heteroatoms. The Balaban J connectivity index is 0.811. The molecule has 0 fully saturated rings. The van der Waals surface area contributed by atoms with Gasteiger partial charge in [0, 0.05) is 33.0 Å². The second kappa shape index (κ2) is 16.3. The highest BCUT2D eigenvalue weighted by Crippen LogP contribution is 2.40. The van der Waals surface area contributed by atoms with Crippen LogP contribution in [0.3, 0.4) is 0 Å². The fraction of sp³-hybridized carbons (Fsp3) is 0. The van der Waals surface area contributed by atoms with E-state index in [1.54, 1.807) is 0 Å². The van der Waals surface area contributed by atoms with Gasteiger partial charge in [-0.25, -0.2) is 9.97 Å². The molecule has 0 spiro atoms. The van der Waals surface area contributed by atoms with Gasteiger partial charge in [0.1, 0.15) is 11.2 Å². The zero-order valence-corrected chi connectivity index (χ0v) is 36.5. The fourth-order valence-corrected chi connectivity index (χ4v) is 9.36. The molecule has 13 rings (SSSR count). The van der Waals surface area contributed by atoms with Gasteiger partial charge in [0.25, 0.3) is 0 Å². The summed E-state index contributed by atoms with van der Waals surface area (Å²) in [6.07, 6.45) is 0. The van der Waals surface area contributed by atoms with E-state index in [1.165, 1.54) is 0 Å².